The molecule has 0 fully saturated rings. The van der Waals surface area contributed by atoms with Crippen LogP contribution in [0.2, 0.25) is 0 Å². The number of anilines is 1. The summed E-state index contributed by atoms with van der Waals surface area (Å²) in [7, 11) is 0. The predicted octanol–water partition coefficient (Wildman–Crippen LogP) is 5.58. The number of hydrogen-bond donors (Lipinski definition) is 0. The molecular weight excluding hydrogens is 450 g/mol. The predicted molar refractivity (Wildman–Crippen MR) is 132 cm³/mol. The quantitative estimate of drug-likeness (QED) is 0.324. The molecule has 8 heteroatoms. The molecule has 7 nitrogen and oxygen atoms in total. The van der Waals surface area contributed by atoms with Gasteiger partial charge in [-0.1, -0.05) is 54.9 Å². The topological polar surface area (TPSA) is 85.5 Å². The van der Waals surface area contributed by atoms with Crippen LogP contribution in [-0.4, -0.2) is 22.7 Å². The van der Waals surface area contributed by atoms with Gasteiger partial charge >= 0.3 is 0 Å². The molecule has 4 aromatic rings. The Bertz CT molecular complexity index is 1420. The molecule has 2 aromatic heterocycles. The summed E-state index contributed by atoms with van der Waals surface area (Å²) in [6.45, 7) is 6.56. The van der Waals surface area contributed by atoms with E-state index in [1.165, 1.54) is 16.2 Å². The minimum absolute atomic E-state index is 0.0547. The molecule has 34 heavy (non-hydrogen) atoms. The van der Waals surface area contributed by atoms with E-state index in [0.29, 0.717) is 28.3 Å². The van der Waals surface area contributed by atoms with Gasteiger partial charge in [-0.15, -0.1) is 10.2 Å². The Labute approximate surface area is 201 Å². The molecule has 3 heterocycles. The number of ether oxygens (including phenoxy) is 1. The third kappa shape index (κ3) is 3.88. The van der Waals surface area contributed by atoms with Crippen molar-refractivity contribution in [2.45, 2.75) is 46.1 Å². The van der Waals surface area contributed by atoms with Crippen LogP contribution in [-0.2, 0) is 0 Å². The van der Waals surface area contributed by atoms with Gasteiger partial charge < -0.3 is 9.15 Å². The van der Waals surface area contributed by atoms with Gasteiger partial charge in [-0.2, -0.15) is 0 Å². The van der Waals surface area contributed by atoms with Gasteiger partial charge in [-0.05, 0) is 50.1 Å². The van der Waals surface area contributed by atoms with Crippen molar-refractivity contribution in [1.82, 2.24) is 10.2 Å². The average molecular weight is 476 g/mol. The third-order valence-corrected chi connectivity index (χ3v) is 6.80. The van der Waals surface area contributed by atoms with Crippen LogP contribution < -0.4 is 15.1 Å². The van der Waals surface area contributed by atoms with Crippen molar-refractivity contribution >= 4 is 33.3 Å². The van der Waals surface area contributed by atoms with Gasteiger partial charge in [0.15, 0.2) is 5.43 Å². The van der Waals surface area contributed by atoms with Crippen LogP contribution >= 0.6 is 11.3 Å². The van der Waals surface area contributed by atoms with Crippen LogP contribution in [0.25, 0.3) is 11.0 Å². The summed E-state index contributed by atoms with van der Waals surface area (Å²) in [5.74, 6) is 0.415. The van der Waals surface area contributed by atoms with Crippen LogP contribution in [0.1, 0.15) is 64.5 Å². The van der Waals surface area contributed by atoms with Gasteiger partial charge in [0, 0.05) is 0 Å². The molecule has 1 aliphatic rings. The Balaban J connectivity index is 1.61. The van der Waals surface area contributed by atoms with E-state index in [4.69, 9.17) is 9.15 Å². The van der Waals surface area contributed by atoms with E-state index in [2.05, 4.69) is 17.1 Å². The number of aryl methyl sites for hydroxylation is 2. The van der Waals surface area contributed by atoms with Crippen molar-refractivity contribution in [2.24, 2.45) is 0 Å². The SMILES string of the molecule is CCCCCOc1ccc(C2c3c(oc4ccc(C)cc4c3=O)C(=O)N2c2nnc(C)s2)cc1. The number of unbranched alkanes of at least 4 members (excludes halogenated alkanes) is 2. The maximum Gasteiger partial charge on any atom is 0.297 e. The summed E-state index contributed by atoms with van der Waals surface area (Å²) >= 11 is 1.30. The zero-order valence-electron chi connectivity index (χ0n) is 19.3. The van der Waals surface area contributed by atoms with Crippen molar-refractivity contribution < 1.29 is 13.9 Å². The highest BCUT2D eigenvalue weighted by molar-refractivity contribution is 7.15. The molecule has 0 saturated heterocycles. The standard InChI is InChI=1S/C26H25N3O4S/c1-4-5-6-13-32-18-10-8-17(9-11-18)22-21-23(30)19-14-15(2)7-12-20(19)33-24(21)25(31)29(22)26-28-27-16(3)34-26/h7-12,14,22H,4-6,13H2,1-3H3. The lowest BCUT2D eigenvalue weighted by Crippen LogP contribution is -2.29. The summed E-state index contributed by atoms with van der Waals surface area (Å²) in [6, 6.07) is 12.3. The van der Waals surface area contributed by atoms with Crippen LogP contribution in [0.4, 0.5) is 5.13 Å². The Morgan fingerprint density at radius 1 is 1.06 bits per heavy atom. The van der Waals surface area contributed by atoms with Crippen molar-refractivity contribution in [1.29, 1.82) is 0 Å². The number of carbonyl (C=O) groups excluding carboxylic acids is 1. The minimum Gasteiger partial charge on any atom is -0.494 e. The second kappa shape index (κ2) is 9.02. The van der Waals surface area contributed by atoms with Crippen molar-refractivity contribution in [3.63, 3.8) is 0 Å². The molecule has 2 aromatic carbocycles. The maximum atomic E-state index is 13.7. The number of amides is 1. The monoisotopic (exact) mass is 475 g/mol. The molecule has 0 bridgehead atoms. The number of aromatic nitrogens is 2. The minimum atomic E-state index is -0.662. The van der Waals surface area contributed by atoms with E-state index in [1.807, 2.05) is 44.2 Å². The highest BCUT2D eigenvalue weighted by Crippen LogP contribution is 2.42. The number of benzene rings is 2. The van der Waals surface area contributed by atoms with E-state index in [-0.39, 0.29) is 11.2 Å². The fourth-order valence-corrected chi connectivity index (χ4v) is 4.99. The first-order valence-electron chi connectivity index (χ1n) is 11.4. The first-order valence-corrected chi connectivity index (χ1v) is 12.2. The Kier molecular flexibility index (Phi) is 5.91. The molecule has 1 aliphatic heterocycles. The number of hydrogen-bond acceptors (Lipinski definition) is 7. The second-order valence-electron chi connectivity index (χ2n) is 8.48. The molecular formula is C26H25N3O4S. The third-order valence-electron chi connectivity index (χ3n) is 5.96. The molecule has 0 aliphatic carbocycles. The van der Waals surface area contributed by atoms with Crippen molar-refractivity contribution in [3.05, 3.63) is 80.1 Å². The maximum absolute atomic E-state index is 13.7. The molecule has 1 amide bonds. The van der Waals surface area contributed by atoms with Crippen LogP contribution in [0.15, 0.2) is 51.7 Å². The van der Waals surface area contributed by atoms with E-state index in [0.717, 1.165) is 41.1 Å². The van der Waals surface area contributed by atoms with E-state index >= 15 is 0 Å². The summed E-state index contributed by atoms with van der Waals surface area (Å²) < 4.78 is 11.8. The average Bonchev–Trinajstić information content (AvgIpc) is 3.38. The molecule has 0 N–H and O–H groups in total. The lowest BCUT2D eigenvalue weighted by atomic mass is 9.98. The number of carbonyl (C=O) groups is 1. The molecule has 0 spiro atoms. The van der Waals surface area contributed by atoms with Gasteiger partial charge in [0.25, 0.3) is 5.91 Å². The molecule has 174 valence electrons. The van der Waals surface area contributed by atoms with Gasteiger partial charge in [-0.3, -0.25) is 14.5 Å². The lowest BCUT2D eigenvalue weighted by Gasteiger charge is -2.22. The van der Waals surface area contributed by atoms with Crippen LogP contribution in [0.3, 0.4) is 0 Å². The summed E-state index contributed by atoms with van der Waals surface area (Å²) in [5, 5.41) is 9.91. The molecule has 5 rings (SSSR count). The number of rotatable bonds is 7. The fraction of sp³-hybridized carbons (Fsp3) is 0.308. The van der Waals surface area contributed by atoms with Gasteiger partial charge in [0.05, 0.1) is 23.6 Å². The van der Waals surface area contributed by atoms with Crippen molar-refractivity contribution in [3.8, 4) is 5.75 Å². The Morgan fingerprint density at radius 3 is 2.56 bits per heavy atom. The van der Waals surface area contributed by atoms with Gasteiger partial charge in [0.1, 0.15) is 16.3 Å². The summed E-state index contributed by atoms with van der Waals surface area (Å²) in [6.07, 6.45) is 3.26. The van der Waals surface area contributed by atoms with E-state index < -0.39 is 11.9 Å². The van der Waals surface area contributed by atoms with Crippen LogP contribution in [0.5, 0.6) is 5.75 Å². The smallest absolute Gasteiger partial charge is 0.297 e. The van der Waals surface area contributed by atoms with Gasteiger partial charge in [0.2, 0.25) is 10.9 Å². The first kappa shape index (κ1) is 22.3. The highest BCUT2D eigenvalue weighted by atomic mass is 32.1. The van der Waals surface area contributed by atoms with E-state index in [9.17, 15) is 9.59 Å². The van der Waals surface area contributed by atoms with Crippen LogP contribution in [0, 0.1) is 13.8 Å². The van der Waals surface area contributed by atoms with Gasteiger partial charge in [-0.25, -0.2) is 0 Å². The zero-order valence-corrected chi connectivity index (χ0v) is 20.1. The summed E-state index contributed by atoms with van der Waals surface area (Å²) in [4.78, 5) is 28.7. The highest BCUT2D eigenvalue weighted by Gasteiger charge is 2.45. The normalized spacial score (nSPS) is 15.2. The van der Waals surface area contributed by atoms with Crippen molar-refractivity contribution in [2.75, 3.05) is 11.5 Å². The number of fused-ring (bicyclic) bond motifs is 2. The van der Waals surface area contributed by atoms with E-state index in [1.54, 1.807) is 12.1 Å². The first-order chi connectivity index (χ1) is 16.5. The lowest BCUT2D eigenvalue weighted by molar-refractivity contribution is 0.0970. The molecule has 0 saturated carbocycles. The molecule has 1 atom stereocenters. The Morgan fingerprint density at radius 2 is 1.85 bits per heavy atom. The molecule has 1 unspecified atom stereocenters. The fourth-order valence-electron chi connectivity index (χ4n) is 4.27. The Hall–Kier alpha value is -3.52. The second-order valence-corrected chi connectivity index (χ2v) is 9.64. The summed E-state index contributed by atoms with van der Waals surface area (Å²) in [5.41, 5.74) is 2.24. The largest absolute Gasteiger partial charge is 0.494 e. The zero-order chi connectivity index (χ0) is 23.8. The molecule has 0 radical (unpaired) electrons. The number of nitrogens with zero attached hydrogens (tertiary/aromatic N) is 3.